The molecule has 0 aliphatic carbocycles. The molecule has 0 atom stereocenters. The fourth-order valence-corrected chi connectivity index (χ4v) is 14.2. The zero-order chi connectivity index (χ0) is 36.6. The van der Waals surface area contributed by atoms with Gasteiger partial charge in [-0.3, -0.25) is 0 Å². The molecule has 0 unspecified atom stereocenters. The second-order valence-electron chi connectivity index (χ2n) is 17.5. The van der Waals surface area contributed by atoms with Crippen LogP contribution in [0.15, 0.2) is 0 Å². The normalized spacial score (nSPS) is 12.9. The standard InChI is InChI=1S/C48H101OP/c1-5-9-13-17-21-25-29-33-37-41-45-50(49,46-42-38-34-30-26-22-18-14-10-6-2,47-43-39-35-31-27-23-19-15-11-7-3)48-44-40-36-32-28-24-20-16-12-8-4/h49H,5-48H2,1-4H3. The Morgan fingerprint density at radius 2 is 0.320 bits per heavy atom. The summed E-state index contributed by atoms with van der Waals surface area (Å²) in [4.78, 5) is 13.2. The molecule has 0 fully saturated rings. The summed E-state index contributed by atoms with van der Waals surface area (Å²) < 4.78 is 0. The summed E-state index contributed by atoms with van der Waals surface area (Å²) in [6.07, 6.45) is 60.8. The van der Waals surface area contributed by atoms with Gasteiger partial charge in [0.25, 0.3) is 0 Å². The Morgan fingerprint density at radius 1 is 0.200 bits per heavy atom. The molecule has 0 aromatic rings. The van der Waals surface area contributed by atoms with Crippen molar-refractivity contribution < 1.29 is 4.89 Å². The second-order valence-corrected chi connectivity index (χ2v) is 23.1. The molecule has 0 heterocycles. The van der Waals surface area contributed by atoms with Gasteiger partial charge in [-0.25, -0.2) is 0 Å². The minimum absolute atomic E-state index is 1.20. The first-order valence-electron chi connectivity index (χ1n) is 24.3. The molecule has 50 heavy (non-hydrogen) atoms. The van der Waals surface area contributed by atoms with E-state index in [2.05, 4.69) is 27.7 Å². The third-order valence-electron chi connectivity index (χ3n) is 12.3. The number of hydrogen-bond acceptors (Lipinski definition) is 1. The molecule has 0 bridgehead atoms. The molecule has 0 spiro atoms. The van der Waals surface area contributed by atoms with Gasteiger partial charge in [0.15, 0.2) is 0 Å². The third-order valence-corrected chi connectivity index (χ3v) is 18.2. The van der Waals surface area contributed by atoms with Crippen molar-refractivity contribution in [3.63, 3.8) is 0 Å². The quantitative estimate of drug-likeness (QED) is 0.0490. The molecule has 0 aliphatic rings. The molecule has 1 N–H and O–H groups in total. The molecule has 0 aromatic heterocycles. The predicted octanol–water partition coefficient (Wildman–Crippen LogP) is 18.1. The first-order valence-corrected chi connectivity index (χ1v) is 27.2. The summed E-state index contributed by atoms with van der Waals surface area (Å²) >= 11 is 0. The average Bonchev–Trinajstić information content (AvgIpc) is 3.12. The first-order chi connectivity index (χ1) is 24.5. The molecule has 0 aliphatic heterocycles. The van der Waals surface area contributed by atoms with Crippen LogP contribution in [0.2, 0.25) is 0 Å². The molecule has 1 nitrogen and oxygen atoms in total. The van der Waals surface area contributed by atoms with Gasteiger partial charge >= 0.3 is 321 Å². The maximum absolute atomic E-state index is 13.2. The summed E-state index contributed by atoms with van der Waals surface area (Å²) in [6.45, 7) is 6.62. The van der Waals surface area contributed by atoms with Gasteiger partial charge in [0.05, 0.1) is 0 Å². The minimum atomic E-state index is -2.66. The van der Waals surface area contributed by atoms with E-state index in [0.29, 0.717) is 0 Å². The number of hydrogen-bond donors (Lipinski definition) is 1. The predicted molar refractivity (Wildman–Crippen MR) is 236 cm³/mol. The topological polar surface area (TPSA) is 20.2 Å². The van der Waals surface area contributed by atoms with Crippen LogP contribution in [0.4, 0.5) is 0 Å². The van der Waals surface area contributed by atoms with Gasteiger partial charge in [-0.2, -0.15) is 0 Å². The Hall–Kier alpha value is 0.390. The Balaban J connectivity index is 5.06. The third kappa shape index (κ3) is 34.2. The summed E-state index contributed by atoms with van der Waals surface area (Å²) in [5, 5.41) is 0. The molecule has 0 aromatic carbocycles. The summed E-state index contributed by atoms with van der Waals surface area (Å²) in [7, 11) is 0. The van der Waals surface area contributed by atoms with E-state index in [4.69, 9.17) is 0 Å². The van der Waals surface area contributed by atoms with Crippen molar-refractivity contribution in [2.45, 2.75) is 285 Å². The van der Waals surface area contributed by atoms with Crippen LogP contribution in [0.1, 0.15) is 285 Å². The zero-order valence-electron chi connectivity index (χ0n) is 36.0. The molecule has 0 saturated heterocycles. The molecule has 304 valence electrons. The molecular formula is C48H101OP. The van der Waals surface area contributed by atoms with E-state index >= 15 is 0 Å². The Labute approximate surface area is 319 Å². The van der Waals surface area contributed by atoms with Gasteiger partial charge in [0.1, 0.15) is 0 Å². The fraction of sp³-hybridized carbons (Fsp3) is 1.00. The van der Waals surface area contributed by atoms with Crippen molar-refractivity contribution in [1.82, 2.24) is 0 Å². The first kappa shape index (κ1) is 50.4. The molecule has 0 radical (unpaired) electrons. The van der Waals surface area contributed by atoms with Crippen molar-refractivity contribution in [3.05, 3.63) is 0 Å². The van der Waals surface area contributed by atoms with Crippen LogP contribution in [0.3, 0.4) is 0 Å². The SMILES string of the molecule is CCCCCCCCCCCCP(O)(CCCCCCCCCCCC)(CCCCCCCCCCCC)CCCCCCCCCCCC. The van der Waals surface area contributed by atoms with Gasteiger partial charge in [-0.1, -0.05) is 0 Å². The van der Waals surface area contributed by atoms with E-state index < -0.39 is 6.83 Å². The monoisotopic (exact) mass is 725 g/mol. The maximum atomic E-state index is 13.2. The van der Waals surface area contributed by atoms with E-state index in [0.717, 1.165) is 0 Å². The Morgan fingerprint density at radius 3 is 0.460 bits per heavy atom. The summed E-state index contributed by atoms with van der Waals surface area (Å²) in [5.41, 5.74) is 0. The van der Waals surface area contributed by atoms with Gasteiger partial charge in [-0.05, 0) is 0 Å². The second kappa shape index (κ2) is 39.1. The van der Waals surface area contributed by atoms with E-state index in [-0.39, 0.29) is 0 Å². The number of rotatable bonds is 44. The Kier molecular flexibility index (Phi) is 39.4. The van der Waals surface area contributed by atoms with Crippen LogP contribution in [-0.2, 0) is 0 Å². The van der Waals surface area contributed by atoms with Crippen molar-refractivity contribution in [2.75, 3.05) is 24.6 Å². The van der Waals surface area contributed by atoms with Crippen LogP contribution in [0, 0.1) is 0 Å². The van der Waals surface area contributed by atoms with Crippen LogP contribution < -0.4 is 0 Å². The summed E-state index contributed by atoms with van der Waals surface area (Å²) in [5.74, 6) is 0. The van der Waals surface area contributed by atoms with Crippen LogP contribution in [0.5, 0.6) is 0 Å². The van der Waals surface area contributed by atoms with Crippen molar-refractivity contribution in [1.29, 1.82) is 0 Å². The van der Waals surface area contributed by atoms with Gasteiger partial charge in [0.2, 0.25) is 0 Å². The van der Waals surface area contributed by atoms with E-state index in [9.17, 15) is 4.89 Å². The Bertz CT molecular complexity index is 524. The molecule has 0 amide bonds. The van der Waals surface area contributed by atoms with Crippen molar-refractivity contribution >= 4 is 6.83 Å². The average molecular weight is 725 g/mol. The molecule has 0 rings (SSSR count). The van der Waals surface area contributed by atoms with Crippen LogP contribution in [0.25, 0.3) is 0 Å². The van der Waals surface area contributed by atoms with Gasteiger partial charge in [0, 0.05) is 0 Å². The van der Waals surface area contributed by atoms with E-state index in [1.807, 2.05) is 0 Å². The molecular weight excluding hydrogens is 624 g/mol. The fourth-order valence-electron chi connectivity index (χ4n) is 8.69. The molecule has 2 heteroatoms. The van der Waals surface area contributed by atoms with Gasteiger partial charge < -0.3 is 0 Å². The number of unbranched alkanes of at least 4 members (excludes halogenated alkanes) is 36. The van der Waals surface area contributed by atoms with Crippen molar-refractivity contribution in [2.24, 2.45) is 0 Å². The van der Waals surface area contributed by atoms with E-state index in [1.54, 1.807) is 0 Å². The van der Waals surface area contributed by atoms with Gasteiger partial charge in [-0.15, -0.1) is 0 Å². The van der Waals surface area contributed by atoms with Crippen LogP contribution >= 0.6 is 6.83 Å². The summed E-state index contributed by atoms with van der Waals surface area (Å²) in [6, 6.07) is 0. The van der Waals surface area contributed by atoms with Crippen LogP contribution in [-0.4, -0.2) is 29.5 Å². The zero-order valence-corrected chi connectivity index (χ0v) is 36.9. The molecule has 0 saturated carbocycles. The van der Waals surface area contributed by atoms with E-state index in [1.165, 1.54) is 281 Å². The van der Waals surface area contributed by atoms with Crippen molar-refractivity contribution in [3.8, 4) is 0 Å².